The van der Waals surface area contributed by atoms with Crippen LogP contribution in [0.25, 0.3) is 0 Å². The highest BCUT2D eigenvalue weighted by Crippen LogP contribution is 2.20. The molecule has 6 nitrogen and oxygen atoms in total. The number of benzene rings is 1. The summed E-state index contributed by atoms with van der Waals surface area (Å²) in [6.07, 6.45) is 3.62. The SMILES string of the molecule is COC(=O)c1cc(CN)ccc1CN(Cc1ncccc1C)Cc1ncccc1C. The molecule has 2 N–H and O–H groups in total. The number of carbonyl (C=O) groups is 1. The summed E-state index contributed by atoms with van der Waals surface area (Å²) in [5.41, 5.74) is 12.4. The zero-order valence-electron chi connectivity index (χ0n) is 17.8. The number of nitrogens with zero attached hydrogens (tertiary/aromatic N) is 3. The maximum Gasteiger partial charge on any atom is 0.338 e. The van der Waals surface area contributed by atoms with Crippen LogP contribution >= 0.6 is 0 Å². The molecule has 6 heteroatoms. The smallest absolute Gasteiger partial charge is 0.338 e. The summed E-state index contributed by atoms with van der Waals surface area (Å²) < 4.78 is 5.01. The fourth-order valence-electron chi connectivity index (χ4n) is 3.39. The van der Waals surface area contributed by atoms with Crippen molar-refractivity contribution in [2.75, 3.05) is 7.11 Å². The van der Waals surface area contributed by atoms with Crippen LogP contribution in [0.3, 0.4) is 0 Å². The molecule has 0 radical (unpaired) electrons. The topological polar surface area (TPSA) is 81.3 Å². The molecule has 0 bridgehead atoms. The first-order chi connectivity index (χ1) is 14.5. The molecule has 30 heavy (non-hydrogen) atoms. The lowest BCUT2D eigenvalue weighted by atomic mass is 10.0. The average Bonchev–Trinajstić information content (AvgIpc) is 2.76. The number of carbonyl (C=O) groups excluding carboxylic acids is 1. The zero-order valence-corrected chi connectivity index (χ0v) is 17.8. The number of esters is 1. The predicted octanol–water partition coefficient (Wildman–Crippen LogP) is 3.54. The largest absolute Gasteiger partial charge is 0.465 e. The minimum Gasteiger partial charge on any atom is -0.465 e. The summed E-state index contributed by atoms with van der Waals surface area (Å²) in [5.74, 6) is -0.358. The van der Waals surface area contributed by atoms with E-state index in [1.807, 2.05) is 42.7 Å². The Labute approximate surface area is 177 Å². The Balaban J connectivity index is 1.95. The third-order valence-corrected chi connectivity index (χ3v) is 5.19. The third kappa shape index (κ3) is 5.28. The van der Waals surface area contributed by atoms with Gasteiger partial charge in [0, 0.05) is 38.6 Å². The molecule has 0 saturated carbocycles. The van der Waals surface area contributed by atoms with Gasteiger partial charge in [-0.05, 0) is 54.3 Å². The first-order valence-electron chi connectivity index (χ1n) is 9.95. The van der Waals surface area contributed by atoms with Crippen molar-refractivity contribution in [1.82, 2.24) is 14.9 Å². The van der Waals surface area contributed by atoms with Crippen molar-refractivity contribution < 1.29 is 9.53 Å². The second-order valence-corrected chi connectivity index (χ2v) is 7.37. The van der Waals surface area contributed by atoms with E-state index in [0.29, 0.717) is 31.7 Å². The monoisotopic (exact) mass is 404 g/mol. The number of hydrogen-bond acceptors (Lipinski definition) is 6. The summed E-state index contributed by atoms with van der Waals surface area (Å²) in [4.78, 5) is 23.8. The number of rotatable bonds is 8. The Bertz CT molecular complexity index is 972. The van der Waals surface area contributed by atoms with Gasteiger partial charge in [0.25, 0.3) is 0 Å². The van der Waals surface area contributed by atoms with Crippen LogP contribution in [0.15, 0.2) is 54.9 Å². The first kappa shape index (κ1) is 21.6. The minimum absolute atomic E-state index is 0.358. The number of hydrogen-bond donors (Lipinski definition) is 1. The van der Waals surface area contributed by atoms with Crippen molar-refractivity contribution in [3.05, 3.63) is 94.1 Å². The average molecular weight is 405 g/mol. The van der Waals surface area contributed by atoms with E-state index >= 15 is 0 Å². The fourth-order valence-corrected chi connectivity index (χ4v) is 3.39. The Morgan fingerprint density at radius 1 is 0.967 bits per heavy atom. The number of aromatic nitrogens is 2. The summed E-state index contributed by atoms with van der Waals surface area (Å²) in [6, 6.07) is 13.7. The van der Waals surface area contributed by atoms with Gasteiger partial charge in [0.05, 0.1) is 24.1 Å². The minimum atomic E-state index is -0.358. The Morgan fingerprint density at radius 2 is 1.57 bits per heavy atom. The number of methoxy groups -OCH3 is 1. The van der Waals surface area contributed by atoms with Crippen molar-refractivity contribution in [3.8, 4) is 0 Å². The van der Waals surface area contributed by atoms with Gasteiger partial charge in [-0.25, -0.2) is 4.79 Å². The van der Waals surface area contributed by atoms with Crippen molar-refractivity contribution in [2.45, 2.75) is 40.0 Å². The van der Waals surface area contributed by atoms with E-state index in [1.165, 1.54) is 7.11 Å². The molecular formula is C24H28N4O2. The number of pyridine rings is 2. The molecule has 0 aliphatic carbocycles. The van der Waals surface area contributed by atoms with Gasteiger partial charge in [-0.3, -0.25) is 14.9 Å². The lowest BCUT2D eigenvalue weighted by molar-refractivity contribution is 0.0598. The van der Waals surface area contributed by atoms with Crippen LogP contribution in [0.4, 0.5) is 0 Å². The van der Waals surface area contributed by atoms with Gasteiger partial charge in [0.2, 0.25) is 0 Å². The van der Waals surface area contributed by atoms with Crippen LogP contribution in [0, 0.1) is 13.8 Å². The quantitative estimate of drug-likeness (QED) is 0.579. The number of aryl methyl sites for hydroxylation is 2. The van der Waals surface area contributed by atoms with Crippen molar-refractivity contribution >= 4 is 5.97 Å². The van der Waals surface area contributed by atoms with Crippen molar-refractivity contribution in [3.63, 3.8) is 0 Å². The van der Waals surface area contributed by atoms with Gasteiger partial charge in [0.15, 0.2) is 0 Å². The molecule has 0 atom stereocenters. The van der Waals surface area contributed by atoms with Crippen LogP contribution in [-0.4, -0.2) is 27.9 Å². The Hall–Kier alpha value is -3.09. The molecule has 0 amide bonds. The predicted molar refractivity (Wildman–Crippen MR) is 117 cm³/mol. The molecule has 3 rings (SSSR count). The molecule has 0 aliphatic rings. The number of ether oxygens (including phenoxy) is 1. The second-order valence-electron chi connectivity index (χ2n) is 7.37. The third-order valence-electron chi connectivity index (χ3n) is 5.19. The van der Waals surface area contributed by atoms with Gasteiger partial charge in [-0.1, -0.05) is 24.3 Å². The normalized spacial score (nSPS) is 11.0. The molecule has 0 aliphatic heterocycles. The van der Waals surface area contributed by atoms with Gasteiger partial charge in [0.1, 0.15) is 0 Å². The van der Waals surface area contributed by atoms with Crippen molar-refractivity contribution in [1.29, 1.82) is 0 Å². The molecule has 2 heterocycles. The van der Waals surface area contributed by atoms with E-state index in [9.17, 15) is 4.79 Å². The molecule has 156 valence electrons. The van der Waals surface area contributed by atoms with Gasteiger partial charge >= 0.3 is 5.97 Å². The van der Waals surface area contributed by atoms with Gasteiger partial charge in [-0.15, -0.1) is 0 Å². The van der Waals surface area contributed by atoms with E-state index in [4.69, 9.17) is 10.5 Å². The van der Waals surface area contributed by atoms with Crippen LogP contribution in [-0.2, 0) is 30.9 Å². The van der Waals surface area contributed by atoms with E-state index in [0.717, 1.165) is 33.6 Å². The standard InChI is InChI=1S/C24H28N4O2/c1-17-6-4-10-26-22(17)15-28(16-23-18(2)7-5-11-27-23)14-20-9-8-19(13-25)12-21(20)24(29)30-3/h4-12H,13-16,25H2,1-3H3. The lowest BCUT2D eigenvalue weighted by Crippen LogP contribution is -2.25. The lowest BCUT2D eigenvalue weighted by Gasteiger charge is -2.24. The maximum atomic E-state index is 12.4. The second kappa shape index (κ2) is 10.1. The van der Waals surface area contributed by atoms with E-state index < -0.39 is 0 Å². The highest BCUT2D eigenvalue weighted by molar-refractivity contribution is 5.91. The van der Waals surface area contributed by atoms with Crippen LogP contribution < -0.4 is 5.73 Å². The van der Waals surface area contributed by atoms with E-state index in [2.05, 4.69) is 40.8 Å². The zero-order chi connectivity index (χ0) is 21.5. The van der Waals surface area contributed by atoms with Crippen LogP contribution in [0.5, 0.6) is 0 Å². The molecule has 0 spiro atoms. The molecule has 1 aromatic carbocycles. The molecule has 0 fully saturated rings. The molecule has 0 saturated heterocycles. The molecule has 2 aromatic heterocycles. The highest BCUT2D eigenvalue weighted by Gasteiger charge is 2.18. The van der Waals surface area contributed by atoms with E-state index in [-0.39, 0.29) is 5.97 Å². The Morgan fingerprint density at radius 3 is 2.07 bits per heavy atom. The fraction of sp³-hybridized carbons (Fsp3) is 0.292. The summed E-state index contributed by atoms with van der Waals surface area (Å²) >= 11 is 0. The van der Waals surface area contributed by atoms with Gasteiger partial charge in [-0.2, -0.15) is 0 Å². The molecule has 0 unspecified atom stereocenters. The highest BCUT2D eigenvalue weighted by atomic mass is 16.5. The van der Waals surface area contributed by atoms with E-state index in [1.54, 1.807) is 0 Å². The summed E-state index contributed by atoms with van der Waals surface area (Å²) in [7, 11) is 1.40. The maximum absolute atomic E-state index is 12.4. The van der Waals surface area contributed by atoms with Gasteiger partial charge < -0.3 is 10.5 Å². The van der Waals surface area contributed by atoms with Crippen LogP contribution in [0.1, 0.15) is 44.0 Å². The van der Waals surface area contributed by atoms with Crippen molar-refractivity contribution in [2.24, 2.45) is 5.73 Å². The Kier molecular flexibility index (Phi) is 7.27. The first-order valence-corrected chi connectivity index (χ1v) is 9.95. The van der Waals surface area contributed by atoms with Crippen LogP contribution in [0.2, 0.25) is 0 Å². The summed E-state index contributed by atoms with van der Waals surface area (Å²) in [6.45, 7) is 6.32. The summed E-state index contributed by atoms with van der Waals surface area (Å²) in [5, 5.41) is 0. The molecule has 3 aromatic rings. The molecular weight excluding hydrogens is 376 g/mol. The number of nitrogens with two attached hydrogens (primary N) is 1.